The maximum Gasteiger partial charge on any atom is 0.339 e. The summed E-state index contributed by atoms with van der Waals surface area (Å²) in [5.41, 5.74) is 1.53. The van der Waals surface area contributed by atoms with Gasteiger partial charge in [0.1, 0.15) is 11.6 Å². The fourth-order valence-corrected chi connectivity index (χ4v) is 2.00. The first-order valence-electron chi connectivity index (χ1n) is 6.44. The molecule has 2 rings (SSSR count). The molecule has 0 amide bonds. The van der Waals surface area contributed by atoms with Gasteiger partial charge in [0.15, 0.2) is 0 Å². The summed E-state index contributed by atoms with van der Waals surface area (Å²) in [6.45, 7) is 1.87. The molecule has 0 bridgehead atoms. The van der Waals surface area contributed by atoms with E-state index in [0.29, 0.717) is 5.69 Å². The molecule has 0 aromatic heterocycles. The Balaban J connectivity index is 2.27. The predicted molar refractivity (Wildman–Crippen MR) is 77.9 cm³/mol. The van der Waals surface area contributed by atoms with Gasteiger partial charge in [0.2, 0.25) is 0 Å². The molecular weight excluding hydrogens is 273 g/mol. The lowest BCUT2D eigenvalue weighted by molar-refractivity contribution is 0.0601. The molecule has 1 unspecified atom stereocenters. The summed E-state index contributed by atoms with van der Waals surface area (Å²) in [6.07, 6.45) is 0. The summed E-state index contributed by atoms with van der Waals surface area (Å²) in [4.78, 5) is 11.7. The van der Waals surface area contributed by atoms with E-state index in [0.717, 1.165) is 5.56 Å². The number of aromatic hydroxyl groups is 1. The van der Waals surface area contributed by atoms with E-state index in [1.165, 1.54) is 25.3 Å². The second-order valence-electron chi connectivity index (χ2n) is 4.64. The normalized spacial score (nSPS) is 11.8. The Hall–Kier alpha value is -2.56. The lowest BCUT2D eigenvalue weighted by Crippen LogP contribution is -2.12. The third kappa shape index (κ3) is 3.51. The molecule has 0 spiro atoms. The van der Waals surface area contributed by atoms with Gasteiger partial charge in [0, 0.05) is 6.04 Å². The highest BCUT2D eigenvalue weighted by molar-refractivity contribution is 5.95. The number of phenols is 1. The predicted octanol–water partition coefficient (Wildman–Crippen LogP) is 3.49. The Morgan fingerprint density at radius 1 is 1.24 bits per heavy atom. The zero-order valence-corrected chi connectivity index (χ0v) is 11.8. The number of anilines is 1. The Morgan fingerprint density at radius 2 is 1.90 bits per heavy atom. The largest absolute Gasteiger partial charge is 0.508 e. The van der Waals surface area contributed by atoms with Gasteiger partial charge in [0.05, 0.1) is 18.4 Å². The monoisotopic (exact) mass is 289 g/mol. The van der Waals surface area contributed by atoms with Crippen LogP contribution in [0.25, 0.3) is 0 Å². The van der Waals surface area contributed by atoms with Crippen LogP contribution in [-0.4, -0.2) is 18.2 Å². The van der Waals surface area contributed by atoms with E-state index in [2.05, 4.69) is 10.1 Å². The highest BCUT2D eigenvalue weighted by atomic mass is 19.1. The molecule has 0 radical (unpaired) electrons. The first-order valence-corrected chi connectivity index (χ1v) is 6.44. The number of hydrogen-bond acceptors (Lipinski definition) is 4. The maximum absolute atomic E-state index is 13.4. The van der Waals surface area contributed by atoms with E-state index in [-0.39, 0.29) is 17.4 Å². The minimum Gasteiger partial charge on any atom is -0.508 e. The van der Waals surface area contributed by atoms with Crippen LogP contribution >= 0.6 is 0 Å². The first kappa shape index (κ1) is 14.8. The Bertz CT molecular complexity index is 640. The number of nitrogens with one attached hydrogen (secondary N) is 1. The second-order valence-corrected chi connectivity index (χ2v) is 4.64. The molecule has 0 aliphatic carbocycles. The van der Waals surface area contributed by atoms with Crippen molar-refractivity contribution in [3.63, 3.8) is 0 Å². The van der Waals surface area contributed by atoms with Crippen LogP contribution in [0.4, 0.5) is 10.1 Å². The number of ether oxygens (including phenoxy) is 1. The molecule has 4 nitrogen and oxygen atoms in total. The minimum atomic E-state index is -0.532. The third-order valence-electron chi connectivity index (χ3n) is 3.15. The summed E-state index contributed by atoms with van der Waals surface area (Å²) in [5.74, 6) is -0.801. The average molecular weight is 289 g/mol. The van der Waals surface area contributed by atoms with E-state index in [1.807, 2.05) is 6.92 Å². The van der Waals surface area contributed by atoms with Crippen LogP contribution in [0.1, 0.15) is 28.9 Å². The number of phenolic OH excluding ortho intramolecular Hbond substituents is 1. The lowest BCUT2D eigenvalue weighted by Gasteiger charge is -2.18. The van der Waals surface area contributed by atoms with Gasteiger partial charge in [-0.1, -0.05) is 12.1 Å². The molecule has 2 aromatic carbocycles. The van der Waals surface area contributed by atoms with Crippen LogP contribution in [0.15, 0.2) is 42.5 Å². The van der Waals surface area contributed by atoms with Crippen LogP contribution in [0.5, 0.6) is 5.75 Å². The van der Waals surface area contributed by atoms with Gasteiger partial charge in [-0.25, -0.2) is 9.18 Å². The summed E-state index contributed by atoms with van der Waals surface area (Å²) < 4.78 is 18.1. The Labute approximate surface area is 122 Å². The van der Waals surface area contributed by atoms with Gasteiger partial charge in [-0.2, -0.15) is 0 Å². The van der Waals surface area contributed by atoms with Crippen molar-refractivity contribution < 1.29 is 19.0 Å². The number of benzene rings is 2. The van der Waals surface area contributed by atoms with Gasteiger partial charge in [0.25, 0.3) is 0 Å². The van der Waals surface area contributed by atoms with Crippen LogP contribution in [0.2, 0.25) is 0 Å². The van der Waals surface area contributed by atoms with Crippen molar-refractivity contribution in [3.8, 4) is 5.75 Å². The van der Waals surface area contributed by atoms with Crippen LogP contribution in [0.3, 0.4) is 0 Å². The molecule has 0 fully saturated rings. The quantitative estimate of drug-likeness (QED) is 0.846. The summed E-state index contributed by atoms with van der Waals surface area (Å²) in [6, 6.07) is 10.3. The molecule has 2 N–H and O–H groups in total. The zero-order valence-electron chi connectivity index (χ0n) is 11.8. The molecule has 21 heavy (non-hydrogen) atoms. The summed E-state index contributed by atoms with van der Waals surface area (Å²) in [5, 5.41) is 12.4. The van der Waals surface area contributed by atoms with E-state index >= 15 is 0 Å². The van der Waals surface area contributed by atoms with Crippen LogP contribution in [0, 0.1) is 5.82 Å². The molecule has 1 atom stereocenters. The van der Waals surface area contributed by atoms with Gasteiger partial charge in [-0.05, 0) is 42.8 Å². The molecule has 0 saturated heterocycles. The number of esters is 1. The molecule has 0 aliphatic heterocycles. The van der Waals surface area contributed by atoms with Crippen molar-refractivity contribution in [1.29, 1.82) is 0 Å². The number of hydrogen-bond donors (Lipinski definition) is 2. The number of rotatable bonds is 4. The van der Waals surface area contributed by atoms with Crippen molar-refractivity contribution in [2.24, 2.45) is 0 Å². The first-order chi connectivity index (χ1) is 10.0. The van der Waals surface area contributed by atoms with Crippen molar-refractivity contribution in [1.82, 2.24) is 0 Å². The fraction of sp³-hybridized carbons (Fsp3) is 0.188. The van der Waals surface area contributed by atoms with Crippen molar-refractivity contribution in [2.45, 2.75) is 13.0 Å². The minimum absolute atomic E-state index is 0.171. The molecule has 5 heteroatoms. The van der Waals surface area contributed by atoms with Gasteiger partial charge < -0.3 is 15.2 Å². The molecule has 0 saturated carbocycles. The number of halogens is 1. The van der Waals surface area contributed by atoms with Crippen LogP contribution < -0.4 is 5.32 Å². The van der Waals surface area contributed by atoms with Gasteiger partial charge in [-0.3, -0.25) is 0 Å². The Morgan fingerprint density at radius 3 is 2.52 bits per heavy atom. The zero-order chi connectivity index (χ0) is 15.4. The van der Waals surface area contributed by atoms with Crippen molar-refractivity contribution in [2.75, 3.05) is 12.4 Å². The maximum atomic E-state index is 13.4. The number of carbonyl (C=O) groups excluding carboxylic acids is 1. The van der Waals surface area contributed by atoms with E-state index in [9.17, 15) is 14.3 Å². The molecule has 110 valence electrons. The number of methoxy groups -OCH3 is 1. The van der Waals surface area contributed by atoms with E-state index in [1.54, 1.807) is 24.3 Å². The summed E-state index contributed by atoms with van der Waals surface area (Å²) >= 11 is 0. The van der Waals surface area contributed by atoms with Crippen LogP contribution in [-0.2, 0) is 4.74 Å². The average Bonchev–Trinajstić information content (AvgIpc) is 2.47. The van der Waals surface area contributed by atoms with E-state index in [4.69, 9.17) is 0 Å². The van der Waals surface area contributed by atoms with Gasteiger partial charge >= 0.3 is 5.97 Å². The highest BCUT2D eigenvalue weighted by Gasteiger charge is 2.15. The van der Waals surface area contributed by atoms with Crippen molar-refractivity contribution >= 4 is 11.7 Å². The summed E-state index contributed by atoms with van der Waals surface area (Å²) in [7, 11) is 1.28. The molecule has 0 aliphatic rings. The molecule has 0 heterocycles. The number of carbonyl (C=O) groups is 1. The van der Waals surface area contributed by atoms with E-state index < -0.39 is 11.8 Å². The molecular formula is C16H16FNO3. The standard InChI is InChI=1S/C16H16FNO3/c1-10(11-3-6-13(19)7-4-11)18-15-9-12(17)5-8-14(15)16(20)21-2/h3-10,18-19H,1-2H3. The fourth-order valence-electron chi connectivity index (χ4n) is 2.00. The second kappa shape index (κ2) is 6.26. The molecule has 2 aromatic rings. The Kier molecular flexibility index (Phi) is 4.42. The third-order valence-corrected chi connectivity index (χ3v) is 3.15. The smallest absolute Gasteiger partial charge is 0.339 e. The topological polar surface area (TPSA) is 58.6 Å². The van der Waals surface area contributed by atoms with Crippen molar-refractivity contribution in [3.05, 3.63) is 59.4 Å². The van der Waals surface area contributed by atoms with Gasteiger partial charge in [-0.15, -0.1) is 0 Å². The SMILES string of the molecule is COC(=O)c1ccc(F)cc1NC(C)c1ccc(O)cc1. The lowest BCUT2D eigenvalue weighted by atomic mass is 10.1. The highest BCUT2D eigenvalue weighted by Crippen LogP contribution is 2.25.